The van der Waals surface area contributed by atoms with E-state index in [0.29, 0.717) is 0 Å². The van der Waals surface area contributed by atoms with E-state index in [4.69, 9.17) is 0 Å². The lowest BCUT2D eigenvalue weighted by atomic mass is 9.69. The average molecular weight is 249 g/mol. The molecule has 0 spiro atoms. The van der Waals surface area contributed by atoms with Crippen LogP contribution in [-0.2, 0) is 0 Å². The Hall–Kier alpha value is -0.300. The summed E-state index contributed by atoms with van der Waals surface area (Å²) in [5.41, 5.74) is 0. The lowest BCUT2D eigenvalue weighted by Gasteiger charge is -2.37. The third-order valence-corrected chi connectivity index (χ3v) is 5.43. The maximum atomic E-state index is 2.77. The molecule has 0 radical (unpaired) electrons. The van der Waals surface area contributed by atoms with Crippen molar-refractivity contribution in [1.82, 2.24) is 4.90 Å². The Balaban J connectivity index is 2.12. The summed E-state index contributed by atoms with van der Waals surface area (Å²) >= 11 is 0. The Morgan fingerprint density at radius 3 is 2.72 bits per heavy atom. The molecule has 2 rings (SSSR count). The van der Waals surface area contributed by atoms with E-state index < -0.39 is 0 Å². The SMILES string of the molecule is CCC=CC(C)C1CN(CC)C2CCCC(C)[C@@H]12. The van der Waals surface area contributed by atoms with Gasteiger partial charge in [-0.1, -0.05) is 52.7 Å². The van der Waals surface area contributed by atoms with Crippen LogP contribution in [-0.4, -0.2) is 24.0 Å². The van der Waals surface area contributed by atoms with Gasteiger partial charge in [0.2, 0.25) is 0 Å². The van der Waals surface area contributed by atoms with E-state index in [1.165, 1.54) is 38.8 Å². The summed E-state index contributed by atoms with van der Waals surface area (Å²) in [6.45, 7) is 12.1. The van der Waals surface area contributed by atoms with Crippen molar-refractivity contribution in [1.29, 1.82) is 0 Å². The van der Waals surface area contributed by atoms with Gasteiger partial charge in [-0.25, -0.2) is 0 Å². The molecule has 0 aromatic heterocycles. The van der Waals surface area contributed by atoms with Gasteiger partial charge in [-0.2, -0.15) is 0 Å². The van der Waals surface area contributed by atoms with Crippen LogP contribution in [0.5, 0.6) is 0 Å². The third kappa shape index (κ3) is 2.66. The van der Waals surface area contributed by atoms with E-state index in [0.717, 1.165) is 29.7 Å². The smallest absolute Gasteiger partial charge is 0.0129 e. The van der Waals surface area contributed by atoms with Crippen LogP contribution in [0.1, 0.15) is 53.4 Å². The minimum Gasteiger partial charge on any atom is -0.300 e. The van der Waals surface area contributed by atoms with Crippen molar-refractivity contribution in [3.05, 3.63) is 12.2 Å². The Morgan fingerprint density at radius 2 is 2.06 bits per heavy atom. The topological polar surface area (TPSA) is 3.24 Å². The first-order valence-corrected chi connectivity index (χ1v) is 8.09. The van der Waals surface area contributed by atoms with Crippen molar-refractivity contribution in [2.24, 2.45) is 23.7 Å². The second kappa shape index (κ2) is 6.23. The molecule has 2 fully saturated rings. The molecule has 0 N–H and O–H groups in total. The normalized spacial score (nSPS) is 39.1. The second-order valence-electron chi connectivity index (χ2n) is 6.50. The molecule has 2 aliphatic rings. The highest BCUT2D eigenvalue weighted by atomic mass is 15.2. The lowest BCUT2D eigenvalue weighted by Crippen LogP contribution is -2.38. The monoisotopic (exact) mass is 249 g/mol. The average Bonchev–Trinajstić information content (AvgIpc) is 2.76. The molecular weight excluding hydrogens is 218 g/mol. The van der Waals surface area contributed by atoms with Gasteiger partial charge in [0.15, 0.2) is 0 Å². The number of fused-ring (bicyclic) bond motifs is 1. The largest absolute Gasteiger partial charge is 0.300 e. The van der Waals surface area contributed by atoms with Crippen molar-refractivity contribution >= 4 is 0 Å². The second-order valence-corrected chi connectivity index (χ2v) is 6.50. The van der Waals surface area contributed by atoms with E-state index in [9.17, 15) is 0 Å². The van der Waals surface area contributed by atoms with Crippen LogP contribution in [0.4, 0.5) is 0 Å². The molecule has 18 heavy (non-hydrogen) atoms. The predicted molar refractivity (Wildman–Crippen MR) is 79.6 cm³/mol. The first-order chi connectivity index (χ1) is 8.69. The van der Waals surface area contributed by atoms with Gasteiger partial charge in [-0.05, 0) is 43.1 Å². The van der Waals surface area contributed by atoms with E-state index in [1.807, 2.05) is 0 Å². The third-order valence-electron chi connectivity index (χ3n) is 5.43. The quantitative estimate of drug-likeness (QED) is 0.670. The lowest BCUT2D eigenvalue weighted by molar-refractivity contribution is 0.133. The van der Waals surface area contributed by atoms with Gasteiger partial charge in [0.25, 0.3) is 0 Å². The minimum absolute atomic E-state index is 0.759. The number of likely N-dealkylation sites (tertiary alicyclic amines) is 1. The Bertz CT molecular complexity index is 283. The van der Waals surface area contributed by atoms with Crippen LogP contribution in [0.15, 0.2) is 12.2 Å². The summed E-state index contributed by atoms with van der Waals surface area (Å²) in [4.78, 5) is 2.77. The Labute approximate surface area is 114 Å². The molecule has 104 valence electrons. The van der Waals surface area contributed by atoms with Crippen LogP contribution in [0, 0.1) is 23.7 Å². The van der Waals surface area contributed by atoms with Crippen LogP contribution < -0.4 is 0 Å². The predicted octanol–water partition coefficient (Wildman–Crippen LogP) is 4.35. The zero-order valence-electron chi connectivity index (χ0n) is 12.7. The Morgan fingerprint density at radius 1 is 1.28 bits per heavy atom. The van der Waals surface area contributed by atoms with Crippen molar-refractivity contribution in [3.63, 3.8) is 0 Å². The molecule has 0 aromatic carbocycles. The zero-order chi connectivity index (χ0) is 13.1. The minimum atomic E-state index is 0.759. The van der Waals surface area contributed by atoms with Crippen molar-refractivity contribution < 1.29 is 0 Å². The van der Waals surface area contributed by atoms with Crippen molar-refractivity contribution in [3.8, 4) is 0 Å². The summed E-state index contributed by atoms with van der Waals surface area (Å²) in [5.74, 6) is 3.54. The first kappa shape index (κ1) is 14.1. The fourth-order valence-electron chi connectivity index (χ4n) is 4.45. The van der Waals surface area contributed by atoms with Crippen molar-refractivity contribution in [2.45, 2.75) is 59.4 Å². The highest BCUT2D eigenvalue weighted by Gasteiger charge is 2.46. The summed E-state index contributed by atoms with van der Waals surface area (Å²) in [6, 6.07) is 0.890. The molecule has 4 unspecified atom stereocenters. The highest BCUT2D eigenvalue weighted by molar-refractivity contribution is 5.02. The van der Waals surface area contributed by atoms with Gasteiger partial charge in [-0.3, -0.25) is 0 Å². The van der Waals surface area contributed by atoms with Crippen LogP contribution in [0.25, 0.3) is 0 Å². The molecule has 5 atom stereocenters. The van der Waals surface area contributed by atoms with Crippen molar-refractivity contribution in [2.75, 3.05) is 13.1 Å². The summed E-state index contributed by atoms with van der Waals surface area (Å²) in [5, 5.41) is 0. The molecule has 1 saturated carbocycles. The van der Waals surface area contributed by atoms with Gasteiger partial charge in [0.05, 0.1) is 0 Å². The molecule has 1 saturated heterocycles. The fourth-order valence-corrected chi connectivity index (χ4v) is 4.45. The maximum Gasteiger partial charge on any atom is 0.0129 e. The van der Waals surface area contributed by atoms with Gasteiger partial charge >= 0.3 is 0 Å². The summed E-state index contributed by atoms with van der Waals surface area (Å²) < 4.78 is 0. The van der Waals surface area contributed by atoms with Crippen LogP contribution in [0.3, 0.4) is 0 Å². The number of hydrogen-bond acceptors (Lipinski definition) is 1. The number of rotatable bonds is 4. The number of allylic oxidation sites excluding steroid dienone is 2. The molecule has 1 nitrogen and oxygen atoms in total. The van der Waals surface area contributed by atoms with E-state index in [2.05, 4.69) is 44.7 Å². The maximum absolute atomic E-state index is 2.77. The fraction of sp³-hybridized carbons (Fsp3) is 0.882. The highest BCUT2D eigenvalue weighted by Crippen LogP contribution is 2.46. The zero-order valence-corrected chi connectivity index (χ0v) is 12.7. The molecule has 1 aliphatic heterocycles. The van der Waals surface area contributed by atoms with Crippen LogP contribution in [0.2, 0.25) is 0 Å². The molecule has 1 heteroatoms. The molecule has 0 aromatic rings. The molecular formula is C17H31N. The molecule has 1 heterocycles. The van der Waals surface area contributed by atoms with E-state index in [-0.39, 0.29) is 0 Å². The number of nitrogens with zero attached hydrogens (tertiary/aromatic N) is 1. The summed E-state index contributed by atoms with van der Waals surface area (Å²) in [6.07, 6.45) is 10.4. The van der Waals surface area contributed by atoms with Gasteiger partial charge in [-0.15, -0.1) is 0 Å². The van der Waals surface area contributed by atoms with Gasteiger partial charge in [0, 0.05) is 12.6 Å². The standard InChI is InChI=1S/C17H31N/c1-5-7-9-13(3)15-12-18(6-2)16-11-8-10-14(4)17(15)16/h7,9,13-17H,5-6,8,10-12H2,1-4H3/t13?,14?,15?,16?,17-/m0/s1. The first-order valence-electron chi connectivity index (χ1n) is 8.09. The van der Waals surface area contributed by atoms with Gasteiger partial charge < -0.3 is 4.90 Å². The molecule has 0 bridgehead atoms. The Kier molecular flexibility index (Phi) is 4.89. The molecule has 1 aliphatic carbocycles. The van der Waals surface area contributed by atoms with Gasteiger partial charge in [0.1, 0.15) is 0 Å². The number of hydrogen-bond donors (Lipinski definition) is 0. The van der Waals surface area contributed by atoms with E-state index in [1.54, 1.807) is 0 Å². The molecule has 0 amide bonds. The van der Waals surface area contributed by atoms with E-state index >= 15 is 0 Å². The van der Waals surface area contributed by atoms with Crippen LogP contribution >= 0.6 is 0 Å². The summed E-state index contributed by atoms with van der Waals surface area (Å²) in [7, 11) is 0.